The van der Waals surface area contributed by atoms with Crippen LogP contribution in [0.1, 0.15) is 42.2 Å². The summed E-state index contributed by atoms with van der Waals surface area (Å²) >= 11 is 0. The Morgan fingerprint density at radius 3 is 2.62 bits per heavy atom. The lowest BCUT2D eigenvalue weighted by molar-refractivity contribution is 0.718. The predicted octanol–water partition coefficient (Wildman–Crippen LogP) is 4.37. The topological polar surface area (TPSA) is 34.4 Å². The first-order chi connectivity index (χ1) is 11.8. The number of fused-ring (bicyclic) bond motifs is 10. The molecule has 1 fully saturated rings. The summed E-state index contributed by atoms with van der Waals surface area (Å²) in [5.74, 6) is 1.35. The minimum atomic E-state index is -0.105. The monoisotopic (exact) mass is 312 g/mol. The summed E-state index contributed by atoms with van der Waals surface area (Å²) in [5.41, 5.74) is 4.52. The maximum atomic E-state index is 12.7. The van der Waals surface area contributed by atoms with Crippen molar-refractivity contribution in [2.24, 2.45) is 0 Å². The fourth-order valence-corrected chi connectivity index (χ4v) is 4.91. The molecule has 2 bridgehead atoms. The number of nitrogens with zero attached hydrogens (tertiary/aromatic N) is 2. The van der Waals surface area contributed by atoms with Crippen LogP contribution in [-0.4, -0.2) is 9.38 Å². The van der Waals surface area contributed by atoms with Crippen molar-refractivity contribution in [3.63, 3.8) is 0 Å². The predicted molar refractivity (Wildman–Crippen MR) is 95.8 cm³/mol. The molecule has 116 valence electrons. The number of rotatable bonds is 0. The molecule has 2 aromatic heterocycles. The minimum absolute atomic E-state index is 0.105. The molecule has 0 aliphatic heterocycles. The van der Waals surface area contributed by atoms with Gasteiger partial charge in [0.25, 0.3) is 5.56 Å². The number of hydrogen-bond acceptors (Lipinski definition) is 2. The Morgan fingerprint density at radius 2 is 1.75 bits per heavy atom. The second-order valence-corrected chi connectivity index (χ2v) is 7.22. The molecule has 0 spiro atoms. The van der Waals surface area contributed by atoms with Gasteiger partial charge in [0, 0.05) is 11.6 Å². The molecule has 3 nitrogen and oxygen atoms in total. The Morgan fingerprint density at radius 1 is 0.958 bits per heavy atom. The lowest BCUT2D eigenvalue weighted by Gasteiger charge is -2.17. The summed E-state index contributed by atoms with van der Waals surface area (Å²) < 4.78 is 2.09. The molecule has 0 saturated heterocycles. The molecule has 0 radical (unpaired) electrons. The van der Waals surface area contributed by atoms with E-state index in [0.717, 1.165) is 27.3 Å². The van der Waals surface area contributed by atoms with Crippen LogP contribution in [0.3, 0.4) is 0 Å². The van der Waals surface area contributed by atoms with Gasteiger partial charge in [0.15, 0.2) is 0 Å². The average molecular weight is 312 g/mol. The van der Waals surface area contributed by atoms with Crippen molar-refractivity contribution in [1.29, 1.82) is 0 Å². The van der Waals surface area contributed by atoms with Crippen LogP contribution in [-0.2, 0) is 0 Å². The zero-order valence-corrected chi connectivity index (χ0v) is 13.2. The Balaban J connectivity index is 1.82. The quantitative estimate of drug-likeness (QED) is 0.452. The summed E-state index contributed by atoms with van der Waals surface area (Å²) in [4.78, 5) is 17.1. The highest BCUT2D eigenvalue weighted by molar-refractivity contribution is 5.96. The van der Waals surface area contributed by atoms with Crippen LogP contribution in [0.4, 0.5) is 0 Å². The van der Waals surface area contributed by atoms with Crippen molar-refractivity contribution in [2.75, 3.05) is 0 Å². The standard InChI is InChI=1S/C21H16N2O/c24-21-18-10-16-13-5-6-14(9-13)17(16)11-19(18)23-8-7-12-3-1-2-4-15(12)20(23)22-21/h1-4,7-8,10-11,13-14H,5-6,9H2. The van der Waals surface area contributed by atoms with Crippen LogP contribution in [0, 0.1) is 0 Å². The molecule has 2 aromatic carbocycles. The average Bonchev–Trinajstić information content (AvgIpc) is 3.23. The van der Waals surface area contributed by atoms with Crippen molar-refractivity contribution in [2.45, 2.75) is 31.1 Å². The lowest BCUT2D eigenvalue weighted by atomic mass is 9.90. The lowest BCUT2D eigenvalue weighted by Crippen LogP contribution is -2.12. The van der Waals surface area contributed by atoms with Gasteiger partial charge in [-0.25, -0.2) is 0 Å². The first-order valence-electron chi connectivity index (χ1n) is 8.67. The molecule has 2 aliphatic carbocycles. The van der Waals surface area contributed by atoms with Crippen molar-refractivity contribution in [1.82, 2.24) is 9.38 Å². The van der Waals surface area contributed by atoms with Gasteiger partial charge >= 0.3 is 0 Å². The second-order valence-electron chi connectivity index (χ2n) is 7.22. The van der Waals surface area contributed by atoms with E-state index in [-0.39, 0.29) is 5.56 Å². The van der Waals surface area contributed by atoms with Crippen molar-refractivity contribution in [3.05, 3.63) is 70.1 Å². The summed E-state index contributed by atoms with van der Waals surface area (Å²) in [6.45, 7) is 0. The van der Waals surface area contributed by atoms with Gasteiger partial charge in [-0.3, -0.25) is 4.79 Å². The largest absolute Gasteiger partial charge is 0.300 e. The van der Waals surface area contributed by atoms with Crippen LogP contribution in [0.15, 0.2) is 53.5 Å². The smallest absolute Gasteiger partial charge is 0.281 e. The Hall–Kier alpha value is -2.68. The Labute approximate surface area is 138 Å². The third-order valence-electron chi connectivity index (χ3n) is 6.04. The highest BCUT2D eigenvalue weighted by Gasteiger charge is 2.37. The molecule has 2 aliphatic rings. The number of hydrogen-bond donors (Lipinski definition) is 0. The minimum Gasteiger partial charge on any atom is -0.300 e. The van der Waals surface area contributed by atoms with E-state index in [1.807, 2.05) is 24.4 Å². The fraction of sp³-hybridized carbons (Fsp3) is 0.238. The molecular formula is C21H16N2O. The third-order valence-corrected chi connectivity index (χ3v) is 6.04. The summed E-state index contributed by atoms with van der Waals surface area (Å²) in [5, 5.41) is 2.90. The van der Waals surface area contributed by atoms with E-state index >= 15 is 0 Å². The fourth-order valence-electron chi connectivity index (χ4n) is 4.91. The number of aromatic nitrogens is 2. The number of benzene rings is 2. The Bertz CT molecular complexity index is 1220. The van der Waals surface area contributed by atoms with Gasteiger partial charge < -0.3 is 4.40 Å². The molecule has 24 heavy (non-hydrogen) atoms. The first-order valence-corrected chi connectivity index (χ1v) is 8.67. The first kappa shape index (κ1) is 12.7. The van der Waals surface area contributed by atoms with Gasteiger partial charge in [0.05, 0.1) is 10.9 Å². The van der Waals surface area contributed by atoms with Crippen LogP contribution < -0.4 is 5.56 Å². The van der Waals surface area contributed by atoms with E-state index in [4.69, 9.17) is 0 Å². The molecule has 6 rings (SSSR count). The van der Waals surface area contributed by atoms with Gasteiger partial charge in [-0.2, -0.15) is 4.98 Å². The zero-order valence-electron chi connectivity index (χ0n) is 13.2. The van der Waals surface area contributed by atoms with Gasteiger partial charge in [0.1, 0.15) is 5.65 Å². The maximum absolute atomic E-state index is 12.7. The molecule has 3 heteroatoms. The third kappa shape index (κ3) is 1.47. The molecule has 2 heterocycles. The summed E-state index contributed by atoms with van der Waals surface area (Å²) in [6, 6.07) is 14.6. The maximum Gasteiger partial charge on any atom is 0.281 e. The van der Waals surface area contributed by atoms with Crippen LogP contribution in [0.25, 0.3) is 27.3 Å². The van der Waals surface area contributed by atoms with Crippen molar-refractivity contribution in [3.8, 4) is 0 Å². The summed E-state index contributed by atoms with van der Waals surface area (Å²) in [7, 11) is 0. The van der Waals surface area contributed by atoms with Crippen LogP contribution in [0.5, 0.6) is 0 Å². The zero-order chi connectivity index (χ0) is 15.8. The molecule has 1 saturated carbocycles. The van der Waals surface area contributed by atoms with Gasteiger partial charge in [-0.05, 0) is 65.8 Å². The summed E-state index contributed by atoms with van der Waals surface area (Å²) in [6.07, 6.45) is 5.88. The van der Waals surface area contributed by atoms with Crippen LogP contribution in [0.2, 0.25) is 0 Å². The highest BCUT2D eigenvalue weighted by Crippen LogP contribution is 2.53. The van der Waals surface area contributed by atoms with E-state index in [9.17, 15) is 4.79 Å². The van der Waals surface area contributed by atoms with Gasteiger partial charge in [0.2, 0.25) is 0 Å². The van der Waals surface area contributed by atoms with Crippen molar-refractivity contribution >= 4 is 27.3 Å². The highest BCUT2D eigenvalue weighted by atomic mass is 16.1. The van der Waals surface area contributed by atoms with E-state index < -0.39 is 0 Å². The molecule has 0 amide bonds. The number of pyridine rings is 1. The van der Waals surface area contributed by atoms with Crippen LogP contribution >= 0.6 is 0 Å². The van der Waals surface area contributed by atoms with Crippen molar-refractivity contribution < 1.29 is 0 Å². The normalized spacial score (nSPS) is 21.8. The van der Waals surface area contributed by atoms with Gasteiger partial charge in [-0.1, -0.05) is 24.3 Å². The molecule has 2 atom stereocenters. The molecule has 2 unspecified atom stereocenters. The van der Waals surface area contributed by atoms with E-state index in [1.165, 1.54) is 30.4 Å². The SMILES string of the molecule is O=c1nc2c3ccccc3ccn2c2cc3c(cc12)C1CCC3C1. The van der Waals surface area contributed by atoms with E-state index in [2.05, 4.69) is 33.7 Å². The second kappa shape index (κ2) is 4.23. The molecule has 4 aromatic rings. The van der Waals surface area contributed by atoms with E-state index in [0.29, 0.717) is 11.8 Å². The van der Waals surface area contributed by atoms with E-state index in [1.54, 1.807) is 0 Å². The molecular weight excluding hydrogens is 296 g/mol. The molecule has 0 N–H and O–H groups in total. The Kier molecular flexibility index (Phi) is 2.24. The van der Waals surface area contributed by atoms with Gasteiger partial charge in [-0.15, -0.1) is 0 Å².